The summed E-state index contributed by atoms with van der Waals surface area (Å²) in [6, 6.07) is 7.23. The van der Waals surface area contributed by atoms with Crippen molar-refractivity contribution in [3.8, 4) is 5.75 Å². The lowest BCUT2D eigenvalue weighted by Gasteiger charge is -2.08. The fourth-order valence-corrected chi connectivity index (χ4v) is 2.52. The van der Waals surface area contributed by atoms with Crippen molar-refractivity contribution in [2.24, 2.45) is 0 Å². The molecule has 5 heteroatoms. The first-order valence-corrected chi connectivity index (χ1v) is 6.55. The van der Waals surface area contributed by atoms with Gasteiger partial charge in [0.05, 0.1) is 6.54 Å². The van der Waals surface area contributed by atoms with E-state index in [-0.39, 0.29) is 4.87 Å². The first-order valence-electron chi connectivity index (χ1n) is 5.73. The number of anilines is 1. The standard InChI is InChI=1S/C13H16N2O2S/c1-9-10(2)18-13(16)15(9)7-8-17-12-5-3-11(14)4-6-12/h3-6H,7-8,14H2,1-2H3. The molecule has 18 heavy (non-hydrogen) atoms. The zero-order chi connectivity index (χ0) is 13.1. The number of aryl methyl sites for hydroxylation is 1. The quantitative estimate of drug-likeness (QED) is 0.861. The maximum atomic E-state index is 11.7. The molecule has 1 heterocycles. The topological polar surface area (TPSA) is 57.2 Å². The van der Waals surface area contributed by atoms with Crippen molar-refractivity contribution in [3.05, 3.63) is 44.5 Å². The van der Waals surface area contributed by atoms with Crippen LogP contribution in [0.1, 0.15) is 10.6 Å². The summed E-state index contributed by atoms with van der Waals surface area (Å²) in [5, 5.41) is 0. The van der Waals surface area contributed by atoms with Crippen LogP contribution in [-0.4, -0.2) is 11.2 Å². The Balaban J connectivity index is 1.96. The molecule has 0 fully saturated rings. The summed E-state index contributed by atoms with van der Waals surface area (Å²) < 4.78 is 7.32. The van der Waals surface area contributed by atoms with Crippen LogP contribution in [0.3, 0.4) is 0 Å². The van der Waals surface area contributed by atoms with Crippen molar-refractivity contribution in [3.63, 3.8) is 0 Å². The number of ether oxygens (including phenoxy) is 1. The highest BCUT2D eigenvalue weighted by Gasteiger charge is 2.06. The monoisotopic (exact) mass is 264 g/mol. The molecule has 1 aromatic carbocycles. The van der Waals surface area contributed by atoms with Gasteiger partial charge in [0.1, 0.15) is 12.4 Å². The second-order valence-electron chi connectivity index (χ2n) is 4.08. The van der Waals surface area contributed by atoms with Crippen molar-refractivity contribution >= 4 is 17.0 Å². The van der Waals surface area contributed by atoms with E-state index in [1.807, 2.05) is 26.0 Å². The fraction of sp³-hybridized carbons (Fsp3) is 0.308. The SMILES string of the molecule is Cc1sc(=O)n(CCOc2ccc(N)cc2)c1C. The van der Waals surface area contributed by atoms with Crippen LogP contribution in [-0.2, 0) is 6.54 Å². The predicted molar refractivity (Wildman–Crippen MR) is 74.4 cm³/mol. The molecule has 0 radical (unpaired) electrons. The number of hydrogen-bond acceptors (Lipinski definition) is 4. The highest BCUT2D eigenvalue weighted by Crippen LogP contribution is 2.13. The lowest BCUT2D eigenvalue weighted by Crippen LogP contribution is -2.19. The molecule has 0 amide bonds. The Labute approximate surface area is 110 Å². The molecule has 0 bridgehead atoms. The molecule has 0 saturated heterocycles. The number of benzene rings is 1. The number of nitrogens with two attached hydrogens (primary N) is 1. The summed E-state index contributed by atoms with van der Waals surface area (Å²) >= 11 is 1.28. The van der Waals surface area contributed by atoms with Crippen LogP contribution in [0, 0.1) is 13.8 Å². The minimum Gasteiger partial charge on any atom is -0.492 e. The molecule has 0 unspecified atom stereocenters. The maximum absolute atomic E-state index is 11.7. The van der Waals surface area contributed by atoms with E-state index in [1.165, 1.54) is 11.3 Å². The molecule has 2 N–H and O–H groups in total. The van der Waals surface area contributed by atoms with Gasteiger partial charge in [0.2, 0.25) is 0 Å². The number of hydrogen-bond donors (Lipinski definition) is 1. The van der Waals surface area contributed by atoms with E-state index in [2.05, 4.69) is 0 Å². The molecule has 4 nitrogen and oxygen atoms in total. The third-order valence-corrected chi connectivity index (χ3v) is 3.84. The molecule has 0 aliphatic heterocycles. The average Bonchev–Trinajstić information content (AvgIpc) is 2.58. The summed E-state index contributed by atoms with van der Waals surface area (Å²) in [4.78, 5) is 12.8. The van der Waals surface area contributed by atoms with Crippen LogP contribution in [0.2, 0.25) is 0 Å². The minimum absolute atomic E-state index is 0.0749. The van der Waals surface area contributed by atoms with Crippen molar-refractivity contribution in [2.45, 2.75) is 20.4 Å². The van der Waals surface area contributed by atoms with Crippen LogP contribution in [0.25, 0.3) is 0 Å². The van der Waals surface area contributed by atoms with Crippen molar-refractivity contribution in [1.29, 1.82) is 0 Å². The Bertz CT molecular complexity index is 584. The number of thiazole rings is 1. The van der Waals surface area contributed by atoms with E-state index in [9.17, 15) is 4.79 Å². The second-order valence-corrected chi connectivity index (χ2v) is 5.24. The van der Waals surface area contributed by atoms with Crippen LogP contribution in [0.15, 0.2) is 29.1 Å². The highest BCUT2D eigenvalue weighted by molar-refractivity contribution is 7.09. The first-order chi connectivity index (χ1) is 8.58. The van der Waals surface area contributed by atoms with Gasteiger partial charge in [-0.05, 0) is 38.1 Å². The lowest BCUT2D eigenvalue weighted by molar-refractivity contribution is 0.296. The summed E-state index contributed by atoms with van der Waals surface area (Å²) in [6.07, 6.45) is 0. The zero-order valence-electron chi connectivity index (χ0n) is 10.5. The average molecular weight is 264 g/mol. The van der Waals surface area contributed by atoms with Gasteiger partial charge in [-0.2, -0.15) is 0 Å². The molecule has 0 aliphatic carbocycles. The maximum Gasteiger partial charge on any atom is 0.307 e. The number of rotatable bonds is 4. The summed E-state index contributed by atoms with van der Waals surface area (Å²) in [5.74, 6) is 0.766. The highest BCUT2D eigenvalue weighted by atomic mass is 32.1. The Hall–Kier alpha value is -1.75. The molecular weight excluding hydrogens is 248 g/mol. The predicted octanol–water partition coefficient (Wildman–Crippen LogP) is 2.19. The molecule has 1 aromatic heterocycles. The Morgan fingerprint density at radius 2 is 1.94 bits per heavy atom. The van der Waals surface area contributed by atoms with E-state index < -0.39 is 0 Å². The smallest absolute Gasteiger partial charge is 0.307 e. The Morgan fingerprint density at radius 1 is 1.28 bits per heavy atom. The summed E-state index contributed by atoms with van der Waals surface area (Å²) in [6.45, 7) is 4.95. The van der Waals surface area contributed by atoms with Gasteiger partial charge in [-0.15, -0.1) is 0 Å². The molecular formula is C13H16N2O2S. The second kappa shape index (κ2) is 5.27. The van der Waals surface area contributed by atoms with E-state index in [1.54, 1.807) is 16.7 Å². The number of nitrogen functional groups attached to an aromatic ring is 1. The van der Waals surface area contributed by atoms with Crippen molar-refractivity contribution < 1.29 is 4.74 Å². The molecule has 2 aromatic rings. The lowest BCUT2D eigenvalue weighted by atomic mass is 10.3. The molecule has 0 aliphatic rings. The molecule has 96 valence electrons. The van der Waals surface area contributed by atoms with Crippen LogP contribution < -0.4 is 15.3 Å². The van der Waals surface area contributed by atoms with Crippen molar-refractivity contribution in [1.82, 2.24) is 4.57 Å². The third kappa shape index (κ3) is 2.73. The molecule has 2 rings (SSSR count). The number of aromatic nitrogens is 1. The summed E-state index contributed by atoms with van der Waals surface area (Å²) in [5.41, 5.74) is 7.32. The van der Waals surface area contributed by atoms with Gasteiger partial charge in [0, 0.05) is 16.3 Å². The van der Waals surface area contributed by atoms with Gasteiger partial charge in [0.25, 0.3) is 0 Å². The van der Waals surface area contributed by atoms with Gasteiger partial charge in [0.15, 0.2) is 0 Å². The Kier molecular flexibility index (Phi) is 3.72. The van der Waals surface area contributed by atoms with Gasteiger partial charge in [-0.3, -0.25) is 9.36 Å². The van der Waals surface area contributed by atoms with E-state index in [0.717, 1.165) is 16.3 Å². The van der Waals surface area contributed by atoms with E-state index in [0.29, 0.717) is 18.8 Å². The first kappa shape index (κ1) is 12.7. The zero-order valence-corrected chi connectivity index (χ0v) is 11.3. The van der Waals surface area contributed by atoms with Gasteiger partial charge in [-0.25, -0.2) is 0 Å². The number of nitrogens with zero attached hydrogens (tertiary/aromatic N) is 1. The van der Waals surface area contributed by atoms with Crippen LogP contribution in [0.5, 0.6) is 5.75 Å². The van der Waals surface area contributed by atoms with Crippen LogP contribution >= 0.6 is 11.3 Å². The molecule has 0 spiro atoms. The largest absolute Gasteiger partial charge is 0.492 e. The normalized spacial score (nSPS) is 10.6. The van der Waals surface area contributed by atoms with Gasteiger partial charge < -0.3 is 10.5 Å². The van der Waals surface area contributed by atoms with Gasteiger partial charge >= 0.3 is 4.87 Å². The van der Waals surface area contributed by atoms with E-state index >= 15 is 0 Å². The Morgan fingerprint density at radius 3 is 2.50 bits per heavy atom. The minimum atomic E-state index is 0.0749. The molecule has 0 atom stereocenters. The third-order valence-electron chi connectivity index (χ3n) is 2.84. The van der Waals surface area contributed by atoms with Gasteiger partial charge in [-0.1, -0.05) is 11.3 Å². The van der Waals surface area contributed by atoms with E-state index in [4.69, 9.17) is 10.5 Å². The molecule has 0 saturated carbocycles. The fourth-order valence-electron chi connectivity index (χ4n) is 1.66. The van der Waals surface area contributed by atoms with Crippen molar-refractivity contribution in [2.75, 3.05) is 12.3 Å². The van der Waals surface area contributed by atoms with Crippen LogP contribution in [0.4, 0.5) is 5.69 Å². The summed E-state index contributed by atoms with van der Waals surface area (Å²) in [7, 11) is 0.